The van der Waals surface area contributed by atoms with Crippen molar-refractivity contribution >= 4 is 56.4 Å². The minimum Gasteiger partial charge on any atom is -0.326 e. The first-order chi connectivity index (χ1) is 13.7. The fraction of sp³-hybridized carbons (Fsp3) is 0.300. The predicted molar refractivity (Wildman–Crippen MR) is 116 cm³/mol. The summed E-state index contributed by atoms with van der Waals surface area (Å²) in [5.74, 6) is -0.882. The Bertz CT molecular complexity index is 1070. The van der Waals surface area contributed by atoms with Gasteiger partial charge >= 0.3 is 0 Å². The third-order valence-corrected chi connectivity index (χ3v) is 8.12. The van der Waals surface area contributed by atoms with Crippen LogP contribution in [0.1, 0.15) is 25.3 Å². The molecule has 29 heavy (non-hydrogen) atoms. The minimum absolute atomic E-state index is 0.0817. The smallest absolute Gasteiger partial charge is 0.237 e. The highest BCUT2D eigenvalue weighted by Crippen LogP contribution is 2.38. The molecule has 0 saturated heterocycles. The van der Waals surface area contributed by atoms with Crippen LogP contribution in [0.2, 0.25) is 5.02 Å². The highest BCUT2D eigenvalue weighted by molar-refractivity contribution is 8.01. The summed E-state index contributed by atoms with van der Waals surface area (Å²) in [4.78, 5) is 25.1. The number of rotatable bonds is 6. The number of sulfone groups is 1. The number of hydrogen-bond donors (Lipinski definition) is 2. The van der Waals surface area contributed by atoms with Crippen molar-refractivity contribution in [2.45, 2.75) is 41.7 Å². The topological polar surface area (TPSA) is 92.3 Å². The van der Waals surface area contributed by atoms with Crippen LogP contribution in [-0.4, -0.2) is 31.2 Å². The number of thioether (sulfide) groups is 1. The number of nitrogens with one attached hydrogen (secondary N) is 2. The van der Waals surface area contributed by atoms with Crippen molar-refractivity contribution in [2.75, 3.05) is 16.4 Å². The average molecular weight is 453 g/mol. The van der Waals surface area contributed by atoms with Crippen molar-refractivity contribution in [2.24, 2.45) is 0 Å². The number of amides is 2. The first kappa shape index (κ1) is 21.7. The number of halogens is 1. The maximum atomic E-state index is 12.7. The lowest BCUT2D eigenvalue weighted by Gasteiger charge is -2.23. The Kier molecular flexibility index (Phi) is 6.55. The molecule has 0 radical (unpaired) electrons. The van der Waals surface area contributed by atoms with Gasteiger partial charge in [0.2, 0.25) is 11.8 Å². The number of carbonyl (C=O) groups excluding carboxylic acids is 2. The number of anilines is 2. The molecule has 0 bridgehead atoms. The van der Waals surface area contributed by atoms with E-state index in [1.807, 2.05) is 13.8 Å². The fourth-order valence-electron chi connectivity index (χ4n) is 2.83. The lowest BCUT2D eigenvalue weighted by Crippen LogP contribution is -2.28. The van der Waals surface area contributed by atoms with E-state index in [4.69, 9.17) is 11.6 Å². The monoisotopic (exact) mass is 452 g/mol. The Labute approximate surface area is 179 Å². The van der Waals surface area contributed by atoms with Crippen LogP contribution in [0.25, 0.3) is 0 Å². The summed E-state index contributed by atoms with van der Waals surface area (Å²) >= 11 is 7.46. The second-order valence-corrected chi connectivity index (χ2v) is 10.5. The van der Waals surface area contributed by atoms with E-state index in [0.717, 1.165) is 10.5 Å². The van der Waals surface area contributed by atoms with E-state index in [1.54, 1.807) is 24.3 Å². The summed E-state index contributed by atoms with van der Waals surface area (Å²) in [6.07, 6.45) is 0.501. The van der Waals surface area contributed by atoms with Gasteiger partial charge in [0.05, 0.1) is 21.6 Å². The molecule has 2 aromatic carbocycles. The van der Waals surface area contributed by atoms with Gasteiger partial charge in [-0.15, -0.1) is 11.8 Å². The van der Waals surface area contributed by atoms with Crippen LogP contribution in [0.15, 0.2) is 46.2 Å². The van der Waals surface area contributed by atoms with Crippen molar-refractivity contribution < 1.29 is 18.0 Å². The standard InChI is InChI=1S/C20H21ClN2O4S2/c1-3-17-20(25)23-16-11-14(6-7-18(16)28-17)29(26,27)9-8-19(24)22-13-5-4-12(2)15(21)10-13/h4-7,10-11,17H,3,8-9H2,1-2H3,(H,22,24)(H,23,25). The number of aryl methyl sites for hydroxylation is 1. The summed E-state index contributed by atoms with van der Waals surface area (Å²) in [5.41, 5.74) is 1.89. The third-order valence-electron chi connectivity index (χ3n) is 4.55. The Balaban J connectivity index is 1.66. The van der Waals surface area contributed by atoms with Crippen molar-refractivity contribution in [3.05, 3.63) is 47.0 Å². The molecule has 0 fully saturated rings. The molecule has 1 aliphatic rings. The average Bonchev–Trinajstić information content (AvgIpc) is 2.68. The van der Waals surface area contributed by atoms with Gasteiger partial charge < -0.3 is 10.6 Å². The molecule has 0 aromatic heterocycles. The number of fused-ring (bicyclic) bond motifs is 1. The first-order valence-corrected chi connectivity index (χ1v) is 12.0. The second-order valence-electron chi connectivity index (χ2n) is 6.74. The summed E-state index contributed by atoms with van der Waals surface area (Å²) in [5, 5.41) is 5.76. The van der Waals surface area contributed by atoms with E-state index in [0.29, 0.717) is 22.8 Å². The molecule has 1 unspecified atom stereocenters. The minimum atomic E-state index is -3.68. The molecule has 1 atom stereocenters. The van der Waals surface area contributed by atoms with Gasteiger partial charge in [0.1, 0.15) is 0 Å². The lowest BCUT2D eigenvalue weighted by atomic mass is 10.2. The molecule has 154 valence electrons. The van der Waals surface area contributed by atoms with E-state index in [-0.39, 0.29) is 28.2 Å². The van der Waals surface area contributed by atoms with Crippen LogP contribution < -0.4 is 10.6 Å². The largest absolute Gasteiger partial charge is 0.326 e. The highest BCUT2D eigenvalue weighted by Gasteiger charge is 2.27. The van der Waals surface area contributed by atoms with Crippen LogP contribution in [-0.2, 0) is 19.4 Å². The molecule has 2 amide bonds. The summed E-state index contributed by atoms with van der Waals surface area (Å²) in [6, 6.07) is 9.78. The Morgan fingerprint density at radius 2 is 2.00 bits per heavy atom. The van der Waals surface area contributed by atoms with E-state index in [1.165, 1.54) is 23.9 Å². The van der Waals surface area contributed by atoms with Gasteiger partial charge in [-0.25, -0.2) is 8.42 Å². The van der Waals surface area contributed by atoms with Crippen LogP contribution in [0.4, 0.5) is 11.4 Å². The van der Waals surface area contributed by atoms with E-state index < -0.39 is 15.7 Å². The number of carbonyl (C=O) groups is 2. The highest BCUT2D eigenvalue weighted by atomic mass is 35.5. The zero-order valence-corrected chi connectivity index (χ0v) is 18.4. The zero-order valence-electron chi connectivity index (χ0n) is 16.0. The summed E-state index contributed by atoms with van der Waals surface area (Å²) in [7, 11) is -3.68. The van der Waals surface area contributed by atoms with E-state index >= 15 is 0 Å². The fourth-order valence-corrected chi connectivity index (χ4v) is 5.30. The zero-order chi connectivity index (χ0) is 21.2. The van der Waals surface area contributed by atoms with Gasteiger partial charge in [0, 0.05) is 22.0 Å². The molecule has 1 aliphatic heterocycles. The van der Waals surface area contributed by atoms with E-state index in [9.17, 15) is 18.0 Å². The maximum Gasteiger partial charge on any atom is 0.237 e. The quantitative estimate of drug-likeness (QED) is 0.682. The molecular formula is C20H21ClN2O4S2. The van der Waals surface area contributed by atoms with Crippen molar-refractivity contribution in [3.63, 3.8) is 0 Å². The van der Waals surface area contributed by atoms with Gasteiger partial charge in [-0.3, -0.25) is 9.59 Å². The maximum absolute atomic E-state index is 12.7. The van der Waals surface area contributed by atoms with Crippen molar-refractivity contribution in [1.29, 1.82) is 0 Å². The third kappa shape index (κ3) is 5.12. The van der Waals surface area contributed by atoms with Gasteiger partial charge in [0.15, 0.2) is 9.84 Å². The van der Waals surface area contributed by atoms with Crippen LogP contribution in [0.5, 0.6) is 0 Å². The van der Waals surface area contributed by atoms with E-state index in [2.05, 4.69) is 10.6 Å². The van der Waals surface area contributed by atoms with Crippen LogP contribution in [0.3, 0.4) is 0 Å². The molecule has 0 aliphatic carbocycles. The Morgan fingerprint density at radius 3 is 2.69 bits per heavy atom. The molecule has 0 saturated carbocycles. The molecule has 3 rings (SSSR count). The Hall–Kier alpha value is -2.03. The van der Waals surface area contributed by atoms with Gasteiger partial charge in [-0.2, -0.15) is 0 Å². The molecule has 1 heterocycles. The van der Waals surface area contributed by atoms with Gasteiger partial charge in [-0.05, 0) is 49.2 Å². The lowest BCUT2D eigenvalue weighted by molar-refractivity contribution is -0.116. The Morgan fingerprint density at radius 1 is 1.24 bits per heavy atom. The predicted octanol–water partition coefficient (Wildman–Crippen LogP) is 4.27. The van der Waals surface area contributed by atoms with Crippen LogP contribution in [0, 0.1) is 6.92 Å². The van der Waals surface area contributed by atoms with Gasteiger partial charge in [-0.1, -0.05) is 24.6 Å². The van der Waals surface area contributed by atoms with Crippen molar-refractivity contribution in [3.8, 4) is 0 Å². The number of hydrogen-bond acceptors (Lipinski definition) is 5. The molecule has 9 heteroatoms. The van der Waals surface area contributed by atoms with Gasteiger partial charge in [0.25, 0.3) is 0 Å². The second kappa shape index (κ2) is 8.77. The molecular weight excluding hydrogens is 432 g/mol. The number of benzene rings is 2. The van der Waals surface area contributed by atoms with Crippen LogP contribution >= 0.6 is 23.4 Å². The normalized spacial score (nSPS) is 16.1. The summed E-state index contributed by atoms with van der Waals surface area (Å²) in [6.45, 7) is 3.78. The first-order valence-electron chi connectivity index (χ1n) is 9.10. The SMILES string of the molecule is CCC1Sc2ccc(S(=O)(=O)CCC(=O)Nc3ccc(C)c(Cl)c3)cc2NC1=O. The molecule has 2 N–H and O–H groups in total. The summed E-state index contributed by atoms with van der Waals surface area (Å²) < 4.78 is 25.3. The molecule has 2 aromatic rings. The van der Waals surface area contributed by atoms with Crippen molar-refractivity contribution in [1.82, 2.24) is 0 Å². The molecule has 6 nitrogen and oxygen atoms in total. The molecule has 0 spiro atoms.